The summed E-state index contributed by atoms with van der Waals surface area (Å²) >= 11 is 0. The second-order valence-electron chi connectivity index (χ2n) is 7.49. The third-order valence-corrected chi connectivity index (χ3v) is 5.74. The zero-order valence-electron chi connectivity index (χ0n) is 17.2. The number of benzene rings is 2. The third-order valence-electron chi connectivity index (χ3n) is 5.74. The lowest BCUT2D eigenvalue weighted by Crippen LogP contribution is -2.50. The largest absolute Gasteiger partial charge is 0.497 e. The van der Waals surface area contributed by atoms with E-state index in [4.69, 9.17) is 4.74 Å². The zero-order valence-corrected chi connectivity index (χ0v) is 17.2. The molecule has 6 heteroatoms. The van der Waals surface area contributed by atoms with E-state index in [0.717, 1.165) is 22.1 Å². The highest BCUT2D eigenvalue weighted by Crippen LogP contribution is 2.27. The van der Waals surface area contributed by atoms with Crippen molar-refractivity contribution in [2.24, 2.45) is 0 Å². The second-order valence-corrected chi connectivity index (χ2v) is 7.49. The monoisotopic (exact) mass is 400 g/mol. The van der Waals surface area contributed by atoms with Crippen LogP contribution in [-0.2, 0) is 4.79 Å². The predicted octanol–water partition coefficient (Wildman–Crippen LogP) is 3.57. The Hall–Kier alpha value is -3.59. The van der Waals surface area contributed by atoms with Gasteiger partial charge in [-0.05, 0) is 47.5 Å². The molecule has 30 heavy (non-hydrogen) atoms. The Bertz CT molecular complexity index is 1110. The topological polar surface area (TPSA) is 69.5 Å². The van der Waals surface area contributed by atoms with Crippen LogP contribution in [0.1, 0.15) is 24.0 Å². The maximum absolute atomic E-state index is 13.1. The SMILES string of the molecule is COc1ccc2cc([C@H](C)C(=O)N3CCN(c4ncccc4C#N)CC3)ccc2c1. The van der Waals surface area contributed by atoms with Gasteiger partial charge in [-0.2, -0.15) is 5.26 Å². The number of carbonyl (C=O) groups excluding carboxylic acids is 1. The van der Waals surface area contributed by atoms with Gasteiger partial charge in [-0.25, -0.2) is 4.98 Å². The number of rotatable bonds is 4. The number of methoxy groups -OCH3 is 1. The Morgan fingerprint density at radius 1 is 1.10 bits per heavy atom. The van der Waals surface area contributed by atoms with Crippen molar-refractivity contribution in [1.82, 2.24) is 9.88 Å². The maximum atomic E-state index is 13.1. The number of nitrogens with zero attached hydrogens (tertiary/aromatic N) is 4. The lowest BCUT2D eigenvalue weighted by molar-refractivity contribution is -0.132. The van der Waals surface area contributed by atoms with Crippen LogP contribution in [0.25, 0.3) is 10.8 Å². The Balaban J connectivity index is 1.45. The number of carbonyl (C=O) groups is 1. The first-order chi connectivity index (χ1) is 14.6. The molecular formula is C24H24N4O2. The summed E-state index contributed by atoms with van der Waals surface area (Å²) in [6.45, 7) is 4.54. The van der Waals surface area contributed by atoms with Gasteiger partial charge in [0.05, 0.1) is 18.6 Å². The predicted molar refractivity (Wildman–Crippen MR) is 117 cm³/mol. The van der Waals surface area contributed by atoms with Crippen LogP contribution in [0.15, 0.2) is 54.7 Å². The van der Waals surface area contributed by atoms with Gasteiger partial charge in [-0.1, -0.05) is 24.3 Å². The van der Waals surface area contributed by atoms with E-state index in [-0.39, 0.29) is 11.8 Å². The van der Waals surface area contributed by atoms with Gasteiger partial charge >= 0.3 is 0 Å². The molecule has 2 heterocycles. The fraction of sp³-hybridized carbons (Fsp3) is 0.292. The number of anilines is 1. The van der Waals surface area contributed by atoms with Crippen LogP contribution in [0.4, 0.5) is 5.82 Å². The summed E-state index contributed by atoms with van der Waals surface area (Å²) in [6, 6.07) is 17.8. The molecule has 1 fully saturated rings. The molecular weight excluding hydrogens is 376 g/mol. The van der Waals surface area contributed by atoms with E-state index >= 15 is 0 Å². The molecule has 0 radical (unpaired) electrons. The molecule has 1 aliphatic rings. The minimum Gasteiger partial charge on any atom is -0.497 e. The van der Waals surface area contributed by atoms with Crippen LogP contribution in [-0.4, -0.2) is 49.1 Å². The van der Waals surface area contributed by atoms with Gasteiger partial charge in [-0.15, -0.1) is 0 Å². The first kappa shape index (κ1) is 19.7. The number of amides is 1. The van der Waals surface area contributed by atoms with E-state index in [1.165, 1.54) is 0 Å². The molecule has 1 aromatic heterocycles. The van der Waals surface area contributed by atoms with Crippen molar-refractivity contribution >= 4 is 22.5 Å². The summed E-state index contributed by atoms with van der Waals surface area (Å²) in [5.41, 5.74) is 1.58. The van der Waals surface area contributed by atoms with Crippen LogP contribution in [0, 0.1) is 11.3 Å². The highest BCUT2D eigenvalue weighted by Gasteiger charge is 2.27. The summed E-state index contributed by atoms with van der Waals surface area (Å²) in [5, 5.41) is 11.5. The normalized spacial score (nSPS) is 15.0. The average molecular weight is 400 g/mol. The molecule has 2 aromatic carbocycles. The van der Waals surface area contributed by atoms with Crippen LogP contribution >= 0.6 is 0 Å². The molecule has 6 nitrogen and oxygen atoms in total. The average Bonchev–Trinajstić information content (AvgIpc) is 2.82. The molecule has 0 spiro atoms. The van der Waals surface area contributed by atoms with Crippen molar-refractivity contribution in [1.29, 1.82) is 5.26 Å². The Morgan fingerprint density at radius 2 is 1.83 bits per heavy atom. The summed E-state index contributed by atoms with van der Waals surface area (Å²) in [5.74, 6) is 1.44. The summed E-state index contributed by atoms with van der Waals surface area (Å²) in [4.78, 5) is 21.5. The third kappa shape index (κ3) is 3.79. The van der Waals surface area contributed by atoms with Gasteiger partial charge in [0.2, 0.25) is 5.91 Å². The zero-order chi connectivity index (χ0) is 21.1. The van der Waals surface area contributed by atoms with Gasteiger partial charge in [0, 0.05) is 32.4 Å². The highest BCUT2D eigenvalue weighted by atomic mass is 16.5. The fourth-order valence-electron chi connectivity index (χ4n) is 3.93. The molecule has 1 amide bonds. The van der Waals surface area contributed by atoms with Gasteiger partial charge in [-0.3, -0.25) is 4.79 Å². The van der Waals surface area contributed by atoms with Gasteiger partial charge in [0.25, 0.3) is 0 Å². The van der Waals surface area contributed by atoms with Gasteiger partial charge < -0.3 is 14.5 Å². The van der Waals surface area contributed by atoms with Crippen molar-refractivity contribution in [3.05, 3.63) is 65.9 Å². The molecule has 0 aliphatic carbocycles. The van der Waals surface area contributed by atoms with E-state index in [9.17, 15) is 10.1 Å². The smallest absolute Gasteiger partial charge is 0.229 e. The molecule has 0 saturated carbocycles. The molecule has 4 rings (SSSR count). The number of pyridine rings is 1. The number of aromatic nitrogens is 1. The maximum Gasteiger partial charge on any atom is 0.229 e. The van der Waals surface area contributed by atoms with Crippen molar-refractivity contribution < 1.29 is 9.53 Å². The number of piperazine rings is 1. The highest BCUT2D eigenvalue weighted by molar-refractivity contribution is 5.88. The first-order valence-corrected chi connectivity index (χ1v) is 10.1. The lowest BCUT2D eigenvalue weighted by atomic mass is 9.96. The summed E-state index contributed by atoms with van der Waals surface area (Å²) < 4.78 is 5.29. The van der Waals surface area contributed by atoms with E-state index in [2.05, 4.69) is 22.0 Å². The minimum atomic E-state index is -0.215. The van der Waals surface area contributed by atoms with E-state index in [1.54, 1.807) is 25.4 Å². The van der Waals surface area contributed by atoms with Crippen LogP contribution < -0.4 is 9.64 Å². The first-order valence-electron chi connectivity index (χ1n) is 10.1. The molecule has 0 N–H and O–H groups in total. The Labute approximate surface area is 176 Å². The van der Waals surface area contributed by atoms with E-state index < -0.39 is 0 Å². The fourth-order valence-corrected chi connectivity index (χ4v) is 3.93. The number of ether oxygens (including phenoxy) is 1. The second kappa shape index (κ2) is 8.42. The van der Waals surface area contributed by atoms with E-state index in [1.807, 2.05) is 42.2 Å². The van der Waals surface area contributed by atoms with Crippen molar-refractivity contribution in [2.45, 2.75) is 12.8 Å². The van der Waals surface area contributed by atoms with Crippen molar-refractivity contribution in [3.8, 4) is 11.8 Å². The number of nitriles is 1. The molecule has 1 saturated heterocycles. The molecule has 3 aromatic rings. The number of hydrogen-bond donors (Lipinski definition) is 0. The molecule has 0 unspecified atom stereocenters. The number of hydrogen-bond acceptors (Lipinski definition) is 5. The van der Waals surface area contributed by atoms with Crippen LogP contribution in [0.5, 0.6) is 5.75 Å². The Kier molecular flexibility index (Phi) is 5.53. The standard InChI is InChI=1S/C24H24N4O2/c1-17(18-5-6-20-15-22(30-2)8-7-19(20)14-18)24(29)28-12-10-27(11-13-28)23-21(16-25)4-3-9-26-23/h3-9,14-15,17H,10-13H2,1-2H3/t17-/m0/s1. The Morgan fingerprint density at radius 3 is 2.57 bits per heavy atom. The van der Waals surface area contributed by atoms with Crippen molar-refractivity contribution in [3.63, 3.8) is 0 Å². The van der Waals surface area contributed by atoms with Crippen LogP contribution in [0.3, 0.4) is 0 Å². The lowest BCUT2D eigenvalue weighted by Gasteiger charge is -2.36. The summed E-state index contributed by atoms with van der Waals surface area (Å²) in [7, 11) is 1.66. The molecule has 152 valence electrons. The van der Waals surface area contributed by atoms with E-state index in [0.29, 0.717) is 37.6 Å². The van der Waals surface area contributed by atoms with Gasteiger partial charge in [0.15, 0.2) is 0 Å². The molecule has 1 atom stereocenters. The van der Waals surface area contributed by atoms with Gasteiger partial charge in [0.1, 0.15) is 17.6 Å². The van der Waals surface area contributed by atoms with Crippen LogP contribution in [0.2, 0.25) is 0 Å². The molecule has 0 bridgehead atoms. The quantitative estimate of drug-likeness (QED) is 0.670. The summed E-state index contributed by atoms with van der Waals surface area (Å²) in [6.07, 6.45) is 1.70. The minimum absolute atomic E-state index is 0.129. The number of fused-ring (bicyclic) bond motifs is 1. The molecule has 1 aliphatic heterocycles. The van der Waals surface area contributed by atoms with Crippen molar-refractivity contribution in [2.75, 3.05) is 38.2 Å².